The Morgan fingerprint density at radius 3 is 3.09 bits per heavy atom. The van der Waals surface area contributed by atoms with Crippen molar-refractivity contribution in [2.75, 3.05) is 19.6 Å². The molecule has 0 radical (unpaired) electrons. The minimum atomic E-state index is 0.198. The number of aromatic nitrogens is 2. The van der Waals surface area contributed by atoms with Crippen LogP contribution in [0.4, 0.5) is 0 Å². The van der Waals surface area contributed by atoms with E-state index in [1.54, 1.807) is 0 Å². The van der Waals surface area contributed by atoms with E-state index in [-0.39, 0.29) is 5.91 Å². The smallest absolute Gasteiger partial charge is 0.224 e. The first-order valence-electron chi connectivity index (χ1n) is 8.83. The maximum Gasteiger partial charge on any atom is 0.224 e. The van der Waals surface area contributed by atoms with Crippen LogP contribution in [0, 0.1) is 5.92 Å². The lowest BCUT2D eigenvalue weighted by molar-refractivity contribution is -0.120. The summed E-state index contributed by atoms with van der Waals surface area (Å²) in [6.45, 7) is 3.96. The topological polar surface area (TPSA) is 50.2 Å². The first-order valence-corrected chi connectivity index (χ1v) is 8.83. The van der Waals surface area contributed by atoms with Gasteiger partial charge >= 0.3 is 0 Å². The lowest BCUT2D eigenvalue weighted by Gasteiger charge is -2.16. The molecule has 0 bridgehead atoms. The molecule has 1 aliphatic carbocycles. The van der Waals surface area contributed by atoms with E-state index >= 15 is 0 Å². The van der Waals surface area contributed by atoms with Crippen molar-refractivity contribution < 1.29 is 4.79 Å². The van der Waals surface area contributed by atoms with Crippen molar-refractivity contribution in [1.29, 1.82) is 0 Å². The standard InChI is InChI=1S/C18H28N4O/c1-21-12-17(11-20-21)14-22-8-7-16(13-22)10-19-18(23)9-15-5-3-2-4-6-15/h5,11-12,16H,2-4,6-10,13-14H2,1H3,(H,19,23). The molecule has 1 saturated heterocycles. The van der Waals surface area contributed by atoms with Crippen LogP contribution in [0.2, 0.25) is 0 Å². The number of hydrogen-bond acceptors (Lipinski definition) is 3. The largest absolute Gasteiger partial charge is 0.355 e. The number of nitrogens with zero attached hydrogens (tertiary/aromatic N) is 3. The zero-order valence-corrected chi connectivity index (χ0v) is 14.1. The molecule has 1 fully saturated rings. The maximum absolute atomic E-state index is 12.1. The number of carbonyl (C=O) groups is 1. The van der Waals surface area contributed by atoms with Gasteiger partial charge in [-0.1, -0.05) is 11.6 Å². The summed E-state index contributed by atoms with van der Waals surface area (Å²) >= 11 is 0. The second-order valence-corrected chi connectivity index (χ2v) is 7.00. The third kappa shape index (κ3) is 4.93. The highest BCUT2D eigenvalue weighted by atomic mass is 16.1. The van der Waals surface area contributed by atoms with Crippen molar-refractivity contribution in [3.05, 3.63) is 29.6 Å². The van der Waals surface area contributed by atoms with Crippen LogP contribution in [0.1, 0.15) is 44.1 Å². The molecule has 0 aromatic carbocycles. The van der Waals surface area contributed by atoms with E-state index in [1.165, 1.54) is 30.4 Å². The van der Waals surface area contributed by atoms with Crippen LogP contribution < -0.4 is 5.32 Å². The molecule has 2 heterocycles. The number of nitrogens with one attached hydrogen (secondary N) is 1. The predicted molar refractivity (Wildman–Crippen MR) is 90.8 cm³/mol. The Labute approximate surface area is 138 Å². The average molecular weight is 316 g/mol. The van der Waals surface area contributed by atoms with Gasteiger partial charge in [0.15, 0.2) is 0 Å². The summed E-state index contributed by atoms with van der Waals surface area (Å²) in [6, 6.07) is 0. The normalized spacial score (nSPS) is 22.1. The average Bonchev–Trinajstić information content (AvgIpc) is 3.16. The van der Waals surface area contributed by atoms with Gasteiger partial charge in [0, 0.05) is 44.9 Å². The van der Waals surface area contributed by atoms with Gasteiger partial charge in [-0.15, -0.1) is 0 Å². The predicted octanol–water partition coefficient (Wildman–Crippen LogP) is 2.25. The monoisotopic (exact) mass is 316 g/mol. The van der Waals surface area contributed by atoms with Gasteiger partial charge < -0.3 is 5.32 Å². The molecule has 3 rings (SSSR count). The Hall–Kier alpha value is -1.62. The summed E-state index contributed by atoms with van der Waals surface area (Å²) < 4.78 is 1.85. The summed E-state index contributed by atoms with van der Waals surface area (Å²) in [6.07, 6.45) is 12.8. The van der Waals surface area contributed by atoms with Crippen molar-refractivity contribution in [2.24, 2.45) is 13.0 Å². The van der Waals surface area contributed by atoms with Gasteiger partial charge in [0.05, 0.1) is 6.20 Å². The molecular weight excluding hydrogens is 288 g/mol. The summed E-state index contributed by atoms with van der Waals surface area (Å²) in [5.41, 5.74) is 2.60. The SMILES string of the molecule is Cn1cc(CN2CCC(CNC(=O)CC3=CCCCC3)C2)cn1. The molecule has 1 aromatic heterocycles. The van der Waals surface area contributed by atoms with Gasteiger partial charge in [0.1, 0.15) is 0 Å². The third-order valence-corrected chi connectivity index (χ3v) is 4.90. The highest BCUT2D eigenvalue weighted by Crippen LogP contribution is 2.20. The minimum Gasteiger partial charge on any atom is -0.355 e. The number of rotatable bonds is 6. The second-order valence-electron chi connectivity index (χ2n) is 7.00. The van der Waals surface area contributed by atoms with Crippen LogP contribution in [-0.4, -0.2) is 40.2 Å². The molecule has 0 saturated carbocycles. The van der Waals surface area contributed by atoms with Crippen molar-refractivity contribution in [1.82, 2.24) is 20.0 Å². The summed E-state index contributed by atoms with van der Waals surface area (Å²) in [5.74, 6) is 0.778. The molecule has 1 amide bonds. The highest BCUT2D eigenvalue weighted by Gasteiger charge is 2.23. The summed E-state index contributed by atoms with van der Waals surface area (Å²) in [5, 5.41) is 7.36. The van der Waals surface area contributed by atoms with E-state index < -0.39 is 0 Å². The third-order valence-electron chi connectivity index (χ3n) is 4.90. The maximum atomic E-state index is 12.1. The Balaban J connectivity index is 1.36. The van der Waals surface area contributed by atoms with Crippen molar-refractivity contribution in [3.63, 3.8) is 0 Å². The fourth-order valence-electron chi connectivity index (χ4n) is 3.63. The quantitative estimate of drug-likeness (QED) is 0.819. The number of allylic oxidation sites excluding steroid dienone is 1. The van der Waals surface area contributed by atoms with E-state index in [0.717, 1.165) is 39.0 Å². The fourth-order valence-corrected chi connectivity index (χ4v) is 3.63. The molecule has 5 nitrogen and oxygen atoms in total. The van der Waals surface area contributed by atoms with Crippen LogP contribution in [0.25, 0.3) is 0 Å². The van der Waals surface area contributed by atoms with E-state index in [4.69, 9.17) is 0 Å². The molecule has 0 spiro atoms. The first-order chi connectivity index (χ1) is 11.2. The minimum absolute atomic E-state index is 0.198. The molecule has 1 aliphatic heterocycles. The van der Waals surface area contributed by atoms with Crippen molar-refractivity contribution in [2.45, 2.75) is 45.1 Å². The first kappa shape index (κ1) is 16.2. The molecular formula is C18H28N4O. The van der Waals surface area contributed by atoms with Crippen LogP contribution in [0.15, 0.2) is 24.0 Å². The van der Waals surface area contributed by atoms with Gasteiger partial charge in [-0.3, -0.25) is 14.4 Å². The van der Waals surface area contributed by atoms with E-state index in [9.17, 15) is 4.79 Å². The van der Waals surface area contributed by atoms with Crippen molar-refractivity contribution >= 4 is 5.91 Å². The Morgan fingerprint density at radius 1 is 1.43 bits per heavy atom. The number of aryl methyl sites for hydroxylation is 1. The highest BCUT2D eigenvalue weighted by molar-refractivity contribution is 5.78. The molecule has 23 heavy (non-hydrogen) atoms. The van der Waals surface area contributed by atoms with Gasteiger partial charge in [0.2, 0.25) is 5.91 Å². The molecule has 1 atom stereocenters. The number of hydrogen-bond donors (Lipinski definition) is 1. The van der Waals surface area contributed by atoms with Crippen LogP contribution in [-0.2, 0) is 18.4 Å². The zero-order chi connectivity index (χ0) is 16.1. The Kier molecular flexibility index (Phi) is 5.49. The molecule has 126 valence electrons. The summed E-state index contributed by atoms with van der Waals surface area (Å²) in [4.78, 5) is 14.5. The van der Waals surface area contributed by atoms with Gasteiger partial charge in [-0.2, -0.15) is 5.10 Å². The van der Waals surface area contributed by atoms with Gasteiger partial charge in [0.25, 0.3) is 0 Å². The number of amides is 1. The lowest BCUT2D eigenvalue weighted by Crippen LogP contribution is -2.31. The molecule has 5 heteroatoms. The Morgan fingerprint density at radius 2 is 2.35 bits per heavy atom. The van der Waals surface area contributed by atoms with E-state index in [0.29, 0.717) is 12.3 Å². The zero-order valence-electron chi connectivity index (χ0n) is 14.1. The lowest BCUT2D eigenvalue weighted by atomic mass is 9.97. The molecule has 1 N–H and O–H groups in total. The molecule has 2 aliphatic rings. The Bertz CT molecular complexity index is 563. The fraction of sp³-hybridized carbons (Fsp3) is 0.667. The molecule has 1 unspecified atom stereocenters. The van der Waals surface area contributed by atoms with Crippen molar-refractivity contribution in [3.8, 4) is 0 Å². The van der Waals surface area contributed by atoms with E-state index in [1.807, 2.05) is 17.9 Å². The number of carbonyl (C=O) groups excluding carboxylic acids is 1. The second kappa shape index (κ2) is 7.77. The number of likely N-dealkylation sites (tertiary alicyclic amines) is 1. The van der Waals surface area contributed by atoms with Crippen LogP contribution in [0.5, 0.6) is 0 Å². The van der Waals surface area contributed by atoms with Crippen LogP contribution >= 0.6 is 0 Å². The van der Waals surface area contributed by atoms with Gasteiger partial charge in [-0.25, -0.2) is 0 Å². The van der Waals surface area contributed by atoms with Gasteiger partial charge in [-0.05, 0) is 44.6 Å². The van der Waals surface area contributed by atoms with E-state index in [2.05, 4.69) is 27.6 Å². The summed E-state index contributed by atoms with van der Waals surface area (Å²) in [7, 11) is 1.95. The molecule has 1 aromatic rings. The van der Waals surface area contributed by atoms with Crippen LogP contribution in [0.3, 0.4) is 0 Å².